The zero-order valence-electron chi connectivity index (χ0n) is 7.39. The van der Waals surface area contributed by atoms with Crippen molar-refractivity contribution in [2.45, 2.75) is 27.2 Å². The second kappa shape index (κ2) is 3.02. The number of hydrogen-bond acceptors (Lipinski definition) is 0. The average molecular weight is 171 g/mol. The van der Waals surface area contributed by atoms with Crippen LogP contribution in [0.3, 0.4) is 0 Å². The Morgan fingerprint density at radius 3 is 2.45 bits per heavy atom. The number of rotatable bonds is 0. The van der Waals surface area contributed by atoms with Crippen molar-refractivity contribution >= 4 is 11.6 Å². The van der Waals surface area contributed by atoms with Gasteiger partial charge in [-0.3, -0.25) is 0 Å². The molecule has 1 unspecified atom stereocenters. The highest BCUT2D eigenvalue weighted by Gasteiger charge is 2.22. The molecule has 1 atom stereocenters. The molecule has 0 heterocycles. The zero-order chi connectivity index (χ0) is 8.48. The van der Waals surface area contributed by atoms with Gasteiger partial charge >= 0.3 is 0 Å². The molecule has 0 fully saturated rings. The maximum Gasteiger partial charge on any atom is 0.0363 e. The quantitative estimate of drug-likeness (QED) is 0.520. The summed E-state index contributed by atoms with van der Waals surface area (Å²) in [5, 5.41) is 0.880. The van der Waals surface area contributed by atoms with Crippen LogP contribution in [0.1, 0.15) is 27.2 Å². The predicted molar refractivity (Wildman–Crippen MR) is 50.6 cm³/mol. The molecule has 0 aromatic rings. The molecule has 0 saturated carbocycles. The van der Waals surface area contributed by atoms with Gasteiger partial charge in [-0.2, -0.15) is 0 Å². The SMILES string of the molecule is CC(C)(C)C1C=CC(Cl)=CC1. The van der Waals surface area contributed by atoms with Gasteiger partial charge in [-0.15, -0.1) is 0 Å². The standard InChI is InChI=1S/C10H15Cl/c1-10(2,3)8-4-6-9(11)7-5-8/h4,6-8H,5H2,1-3H3. The lowest BCUT2D eigenvalue weighted by Crippen LogP contribution is -2.18. The van der Waals surface area contributed by atoms with Crippen molar-refractivity contribution in [2.75, 3.05) is 0 Å². The molecule has 0 aromatic carbocycles. The number of allylic oxidation sites excluding steroid dienone is 4. The lowest BCUT2D eigenvalue weighted by atomic mass is 9.77. The van der Waals surface area contributed by atoms with Crippen molar-refractivity contribution in [2.24, 2.45) is 11.3 Å². The molecule has 1 aliphatic carbocycles. The molecule has 0 aromatic heterocycles. The van der Waals surface area contributed by atoms with Gasteiger partial charge in [0.05, 0.1) is 0 Å². The maximum absolute atomic E-state index is 5.81. The van der Waals surface area contributed by atoms with Crippen molar-refractivity contribution < 1.29 is 0 Å². The topological polar surface area (TPSA) is 0 Å². The van der Waals surface area contributed by atoms with Crippen LogP contribution in [0, 0.1) is 11.3 Å². The average Bonchev–Trinajstić information content (AvgIpc) is 1.86. The minimum Gasteiger partial charge on any atom is -0.0847 e. The van der Waals surface area contributed by atoms with Gasteiger partial charge in [-0.1, -0.05) is 44.5 Å². The van der Waals surface area contributed by atoms with E-state index in [1.807, 2.05) is 6.08 Å². The summed E-state index contributed by atoms with van der Waals surface area (Å²) in [6.45, 7) is 6.78. The van der Waals surface area contributed by atoms with Gasteiger partial charge < -0.3 is 0 Å². The van der Waals surface area contributed by atoms with Crippen LogP contribution < -0.4 is 0 Å². The molecule has 1 rings (SSSR count). The Hall–Kier alpha value is -0.230. The highest BCUT2D eigenvalue weighted by molar-refractivity contribution is 6.31. The molecule has 0 N–H and O–H groups in total. The summed E-state index contributed by atoms with van der Waals surface area (Å²) in [4.78, 5) is 0. The lowest BCUT2D eigenvalue weighted by molar-refractivity contribution is 0.293. The Bertz CT molecular complexity index is 193. The first-order valence-corrected chi connectivity index (χ1v) is 4.42. The van der Waals surface area contributed by atoms with Crippen LogP contribution >= 0.6 is 11.6 Å². The molecule has 0 aliphatic heterocycles. The van der Waals surface area contributed by atoms with Gasteiger partial charge in [0.15, 0.2) is 0 Å². The summed E-state index contributed by atoms with van der Waals surface area (Å²) < 4.78 is 0. The first-order valence-electron chi connectivity index (χ1n) is 4.04. The summed E-state index contributed by atoms with van der Waals surface area (Å²) in [5.41, 5.74) is 0.366. The highest BCUT2D eigenvalue weighted by Crippen LogP contribution is 2.33. The van der Waals surface area contributed by atoms with Crippen molar-refractivity contribution in [1.29, 1.82) is 0 Å². The van der Waals surface area contributed by atoms with Crippen molar-refractivity contribution in [3.8, 4) is 0 Å². The van der Waals surface area contributed by atoms with E-state index in [1.165, 1.54) is 0 Å². The van der Waals surface area contributed by atoms with Gasteiger partial charge in [-0.25, -0.2) is 0 Å². The Morgan fingerprint density at radius 2 is 2.09 bits per heavy atom. The molecule has 0 spiro atoms. The summed E-state index contributed by atoms with van der Waals surface area (Å²) in [6.07, 6.45) is 7.39. The van der Waals surface area contributed by atoms with Crippen LogP contribution in [0.2, 0.25) is 0 Å². The normalized spacial score (nSPS) is 25.1. The molecular weight excluding hydrogens is 156 g/mol. The molecule has 0 amide bonds. The largest absolute Gasteiger partial charge is 0.0847 e. The monoisotopic (exact) mass is 170 g/mol. The molecule has 0 nitrogen and oxygen atoms in total. The lowest BCUT2D eigenvalue weighted by Gasteiger charge is -2.28. The second-order valence-corrected chi connectivity index (χ2v) is 4.59. The van der Waals surface area contributed by atoms with Crippen LogP contribution in [-0.2, 0) is 0 Å². The van der Waals surface area contributed by atoms with Gasteiger partial charge in [0.1, 0.15) is 0 Å². The molecular formula is C10H15Cl. The number of halogens is 1. The molecule has 0 saturated heterocycles. The number of hydrogen-bond donors (Lipinski definition) is 0. The van der Waals surface area contributed by atoms with Gasteiger partial charge in [0, 0.05) is 5.03 Å². The summed E-state index contributed by atoms with van der Waals surface area (Å²) >= 11 is 5.81. The minimum atomic E-state index is 0.366. The Balaban J connectivity index is 2.63. The van der Waals surface area contributed by atoms with Gasteiger partial charge in [-0.05, 0) is 23.8 Å². The van der Waals surface area contributed by atoms with E-state index in [-0.39, 0.29) is 0 Å². The van der Waals surface area contributed by atoms with Gasteiger partial charge in [0.2, 0.25) is 0 Å². The minimum absolute atomic E-state index is 0.366. The second-order valence-electron chi connectivity index (χ2n) is 4.16. The highest BCUT2D eigenvalue weighted by atomic mass is 35.5. The smallest absolute Gasteiger partial charge is 0.0363 e. The van der Waals surface area contributed by atoms with Crippen LogP contribution in [0.4, 0.5) is 0 Å². The third-order valence-corrected chi connectivity index (χ3v) is 2.45. The van der Waals surface area contributed by atoms with Crippen LogP contribution in [0.25, 0.3) is 0 Å². The summed E-state index contributed by atoms with van der Waals surface area (Å²) in [5.74, 6) is 0.644. The van der Waals surface area contributed by atoms with E-state index >= 15 is 0 Å². The van der Waals surface area contributed by atoms with E-state index in [0.717, 1.165) is 11.5 Å². The molecule has 1 aliphatic rings. The Morgan fingerprint density at radius 1 is 1.45 bits per heavy atom. The summed E-state index contributed by atoms with van der Waals surface area (Å²) in [7, 11) is 0. The Labute approximate surface area is 73.9 Å². The first-order chi connectivity index (χ1) is 5.00. The van der Waals surface area contributed by atoms with Crippen molar-refractivity contribution in [1.82, 2.24) is 0 Å². The van der Waals surface area contributed by atoms with Crippen molar-refractivity contribution in [3.05, 3.63) is 23.3 Å². The van der Waals surface area contributed by atoms with Crippen LogP contribution in [-0.4, -0.2) is 0 Å². The molecule has 0 bridgehead atoms. The molecule has 1 heteroatoms. The van der Waals surface area contributed by atoms with E-state index in [2.05, 4.69) is 32.9 Å². The molecule has 62 valence electrons. The van der Waals surface area contributed by atoms with Crippen LogP contribution in [0.15, 0.2) is 23.3 Å². The zero-order valence-corrected chi connectivity index (χ0v) is 8.15. The maximum atomic E-state index is 5.81. The van der Waals surface area contributed by atoms with E-state index in [0.29, 0.717) is 11.3 Å². The van der Waals surface area contributed by atoms with E-state index in [9.17, 15) is 0 Å². The van der Waals surface area contributed by atoms with Crippen molar-refractivity contribution in [3.63, 3.8) is 0 Å². The fourth-order valence-corrected chi connectivity index (χ4v) is 1.40. The molecule has 0 radical (unpaired) electrons. The third-order valence-electron chi connectivity index (χ3n) is 2.17. The van der Waals surface area contributed by atoms with Gasteiger partial charge in [0.25, 0.3) is 0 Å². The molecule has 11 heavy (non-hydrogen) atoms. The van der Waals surface area contributed by atoms with E-state index in [4.69, 9.17) is 11.6 Å². The van der Waals surface area contributed by atoms with E-state index in [1.54, 1.807) is 0 Å². The van der Waals surface area contributed by atoms with E-state index < -0.39 is 0 Å². The third kappa shape index (κ3) is 2.37. The fourth-order valence-electron chi connectivity index (χ4n) is 1.24. The predicted octanol–water partition coefficient (Wildman–Crippen LogP) is 3.73. The van der Waals surface area contributed by atoms with Crippen LogP contribution in [0.5, 0.6) is 0 Å². The fraction of sp³-hybridized carbons (Fsp3) is 0.600. The summed E-state index contributed by atoms with van der Waals surface area (Å²) in [6, 6.07) is 0. The Kier molecular flexibility index (Phi) is 2.43. The first kappa shape index (κ1) is 8.86.